The average Bonchev–Trinajstić information content (AvgIpc) is 3.26. The van der Waals surface area contributed by atoms with E-state index in [0.717, 1.165) is 24.4 Å². The summed E-state index contributed by atoms with van der Waals surface area (Å²) in [5.74, 6) is 1.55. The van der Waals surface area contributed by atoms with E-state index in [9.17, 15) is 13.2 Å². The zero-order valence-corrected chi connectivity index (χ0v) is 14.7. The van der Waals surface area contributed by atoms with Gasteiger partial charge in [-0.1, -0.05) is 12.1 Å². The van der Waals surface area contributed by atoms with Crippen LogP contribution in [0.4, 0.5) is 0 Å². The van der Waals surface area contributed by atoms with Gasteiger partial charge in [-0.25, -0.2) is 8.42 Å². The maximum atomic E-state index is 12.8. The van der Waals surface area contributed by atoms with Gasteiger partial charge in [0.2, 0.25) is 0 Å². The van der Waals surface area contributed by atoms with Crippen molar-refractivity contribution < 1.29 is 17.6 Å². The molecule has 1 aromatic carbocycles. The van der Waals surface area contributed by atoms with Gasteiger partial charge in [0, 0.05) is 17.9 Å². The average molecular weight is 347 g/mol. The summed E-state index contributed by atoms with van der Waals surface area (Å²) in [6, 6.07) is 10.9. The molecule has 0 N–H and O–H groups in total. The predicted octanol–water partition coefficient (Wildman–Crippen LogP) is 2.94. The lowest BCUT2D eigenvalue weighted by atomic mass is 10.1. The molecular weight excluding hydrogens is 326 g/mol. The molecular formula is C18H21NO4S. The molecule has 0 unspecified atom stereocenters. The third-order valence-corrected chi connectivity index (χ3v) is 4.86. The molecule has 6 heteroatoms. The first-order valence-electron chi connectivity index (χ1n) is 7.95. The Balaban J connectivity index is 1.75. The van der Waals surface area contributed by atoms with Gasteiger partial charge in [0.25, 0.3) is 5.91 Å². The smallest absolute Gasteiger partial charge is 0.254 e. The monoisotopic (exact) mass is 347 g/mol. The van der Waals surface area contributed by atoms with Crippen LogP contribution in [0, 0.1) is 6.92 Å². The molecule has 1 aliphatic rings. The van der Waals surface area contributed by atoms with Crippen LogP contribution in [0.2, 0.25) is 0 Å². The first-order valence-corrected chi connectivity index (χ1v) is 10.0. The quantitative estimate of drug-likeness (QED) is 0.806. The van der Waals surface area contributed by atoms with Crippen LogP contribution in [-0.2, 0) is 22.1 Å². The van der Waals surface area contributed by atoms with Crippen molar-refractivity contribution in [1.82, 2.24) is 4.90 Å². The number of hydrogen-bond acceptors (Lipinski definition) is 4. The molecule has 0 radical (unpaired) electrons. The molecule has 0 spiro atoms. The van der Waals surface area contributed by atoms with E-state index in [1.807, 2.05) is 24.0 Å². The number of sulfone groups is 1. The first-order chi connectivity index (χ1) is 11.3. The molecule has 1 saturated carbocycles. The number of carbonyl (C=O) groups is 1. The van der Waals surface area contributed by atoms with Gasteiger partial charge in [-0.15, -0.1) is 0 Å². The van der Waals surface area contributed by atoms with Gasteiger partial charge < -0.3 is 9.32 Å². The van der Waals surface area contributed by atoms with Crippen LogP contribution in [0.1, 0.15) is 40.3 Å². The third-order valence-electron chi connectivity index (χ3n) is 4.00. The minimum absolute atomic E-state index is 0.0144. The Morgan fingerprint density at radius 3 is 2.33 bits per heavy atom. The summed E-state index contributed by atoms with van der Waals surface area (Å²) in [6.45, 7) is 2.34. The van der Waals surface area contributed by atoms with E-state index in [1.165, 1.54) is 6.26 Å². The topological polar surface area (TPSA) is 67.6 Å². The second kappa shape index (κ2) is 6.43. The van der Waals surface area contributed by atoms with Gasteiger partial charge in [0.05, 0.1) is 12.3 Å². The fourth-order valence-electron chi connectivity index (χ4n) is 2.70. The van der Waals surface area contributed by atoms with Gasteiger partial charge in [0.15, 0.2) is 9.84 Å². The van der Waals surface area contributed by atoms with E-state index in [0.29, 0.717) is 17.7 Å². The van der Waals surface area contributed by atoms with E-state index in [4.69, 9.17) is 4.42 Å². The molecule has 0 saturated heterocycles. The lowest BCUT2D eigenvalue weighted by Crippen LogP contribution is -2.32. The van der Waals surface area contributed by atoms with Crippen LogP contribution in [0.3, 0.4) is 0 Å². The van der Waals surface area contributed by atoms with Gasteiger partial charge in [-0.05, 0) is 49.6 Å². The van der Waals surface area contributed by atoms with Crippen LogP contribution >= 0.6 is 0 Å². The minimum atomic E-state index is -3.08. The molecule has 0 aliphatic heterocycles. The van der Waals surface area contributed by atoms with E-state index >= 15 is 0 Å². The van der Waals surface area contributed by atoms with Gasteiger partial charge in [-0.3, -0.25) is 4.79 Å². The highest BCUT2D eigenvalue weighted by atomic mass is 32.2. The van der Waals surface area contributed by atoms with E-state index < -0.39 is 9.84 Å². The van der Waals surface area contributed by atoms with Gasteiger partial charge in [0.1, 0.15) is 11.5 Å². The number of amides is 1. The summed E-state index contributed by atoms with van der Waals surface area (Å²) in [5, 5.41) is 0. The number of benzene rings is 1. The van der Waals surface area contributed by atoms with Crippen molar-refractivity contribution in [3.05, 3.63) is 59.0 Å². The predicted molar refractivity (Wildman–Crippen MR) is 91.3 cm³/mol. The second-order valence-corrected chi connectivity index (χ2v) is 8.58. The van der Waals surface area contributed by atoms with E-state index in [1.54, 1.807) is 24.3 Å². The highest BCUT2D eigenvalue weighted by molar-refractivity contribution is 7.89. The Kier molecular flexibility index (Phi) is 4.49. The summed E-state index contributed by atoms with van der Waals surface area (Å²) in [5.41, 5.74) is 1.26. The molecule has 5 nitrogen and oxygen atoms in total. The van der Waals surface area contributed by atoms with Crippen molar-refractivity contribution in [2.45, 2.75) is 38.1 Å². The second-order valence-electron chi connectivity index (χ2n) is 6.44. The molecule has 128 valence electrons. The summed E-state index contributed by atoms with van der Waals surface area (Å²) in [4.78, 5) is 14.6. The molecule has 0 atom stereocenters. The zero-order chi connectivity index (χ0) is 17.3. The summed E-state index contributed by atoms with van der Waals surface area (Å²) >= 11 is 0. The first kappa shape index (κ1) is 16.8. The maximum Gasteiger partial charge on any atom is 0.254 e. The fraction of sp³-hybridized carbons (Fsp3) is 0.389. The van der Waals surface area contributed by atoms with Crippen molar-refractivity contribution >= 4 is 15.7 Å². The molecule has 1 amide bonds. The van der Waals surface area contributed by atoms with E-state index in [-0.39, 0.29) is 17.7 Å². The van der Waals surface area contributed by atoms with Crippen molar-refractivity contribution in [3.63, 3.8) is 0 Å². The normalized spacial score (nSPS) is 14.6. The third kappa shape index (κ3) is 4.26. The fourth-order valence-corrected chi connectivity index (χ4v) is 3.50. The molecule has 24 heavy (non-hydrogen) atoms. The van der Waals surface area contributed by atoms with Gasteiger partial charge >= 0.3 is 0 Å². The Morgan fingerprint density at radius 1 is 1.17 bits per heavy atom. The number of carbonyl (C=O) groups excluding carboxylic acids is 1. The van der Waals surface area contributed by atoms with Crippen LogP contribution in [0.5, 0.6) is 0 Å². The summed E-state index contributed by atoms with van der Waals surface area (Å²) < 4.78 is 28.3. The highest BCUT2D eigenvalue weighted by Gasteiger charge is 2.33. The number of hydrogen-bond donors (Lipinski definition) is 0. The zero-order valence-electron chi connectivity index (χ0n) is 13.9. The van der Waals surface area contributed by atoms with Crippen LogP contribution in [0.25, 0.3) is 0 Å². The molecule has 3 rings (SSSR count). The Morgan fingerprint density at radius 2 is 1.83 bits per heavy atom. The number of furan rings is 1. The molecule has 0 bridgehead atoms. The number of rotatable bonds is 6. The van der Waals surface area contributed by atoms with Crippen LogP contribution < -0.4 is 0 Å². The lowest BCUT2D eigenvalue weighted by Gasteiger charge is -2.21. The Hall–Kier alpha value is -2.08. The van der Waals surface area contributed by atoms with Crippen LogP contribution in [-0.4, -0.2) is 31.5 Å². The van der Waals surface area contributed by atoms with Crippen LogP contribution in [0.15, 0.2) is 40.8 Å². The Bertz CT molecular complexity index is 832. The van der Waals surface area contributed by atoms with Crippen molar-refractivity contribution in [2.75, 3.05) is 6.26 Å². The molecule has 1 aliphatic carbocycles. The Labute approximate surface area is 142 Å². The minimum Gasteiger partial charge on any atom is -0.464 e. The largest absolute Gasteiger partial charge is 0.464 e. The molecule has 1 heterocycles. The molecule has 2 aromatic rings. The summed E-state index contributed by atoms with van der Waals surface area (Å²) in [7, 11) is -3.08. The van der Waals surface area contributed by atoms with E-state index in [2.05, 4.69) is 0 Å². The lowest BCUT2D eigenvalue weighted by molar-refractivity contribution is 0.0717. The number of aryl methyl sites for hydroxylation is 1. The highest BCUT2D eigenvalue weighted by Crippen LogP contribution is 2.30. The van der Waals surface area contributed by atoms with Crippen molar-refractivity contribution in [3.8, 4) is 0 Å². The van der Waals surface area contributed by atoms with Crippen molar-refractivity contribution in [2.24, 2.45) is 0 Å². The van der Waals surface area contributed by atoms with Crippen molar-refractivity contribution in [1.29, 1.82) is 0 Å². The standard InChI is InChI=1S/C18H21NO4S/c1-13-3-10-17(23-13)11-19(16-8-9-16)18(20)15-6-4-14(5-7-15)12-24(2,21)22/h3-7,10,16H,8-9,11-12H2,1-2H3. The number of nitrogens with zero attached hydrogens (tertiary/aromatic N) is 1. The molecule has 1 aromatic heterocycles. The maximum absolute atomic E-state index is 12.8. The van der Waals surface area contributed by atoms with Gasteiger partial charge in [-0.2, -0.15) is 0 Å². The SMILES string of the molecule is Cc1ccc(CN(C(=O)c2ccc(CS(C)(=O)=O)cc2)C2CC2)o1. The molecule has 1 fully saturated rings. The summed E-state index contributed by atoms with van der Waals surface area (Å²) in [6.07, 6.45) is 3.22.